The molecule has 0 aliphatic heterocycles. The van der Waals surface area contributed by atoms with Gasteiger partial charge in [0.25, 0.3) is 5.91 Å². The first-order valence-electron chi connectivity index (χ1n) is 8.23. The van der Waals surface area contributed by atoms with Crippen molar-refractivity contribution in [2.24, 2.45) is 0 Å². The standard InChI is InChI=1S/C17H15BrF2N6O3/c18-9-1-2-12(11(19)7-9)23-14-10(8-26-5-3-21-15(26)13(14)20)16(28)24-25-17(29)22-4-6-27/h1-3,5,7-8,23,27H,4,6H2,(H,24,28)(H2,22,25,29). The molecule has 3 aromatic rings. The molecule has 152 valence electrons. The summed E-state index contributed by atoms with van der Waals surface area (Å²) in [6.07, 6.45) is 4.05. The number of fused-ring (bicyclic) bond motifs is 1. The summed E-state index contributed by atoms with van der Waals surface area (Å²) in [6, 6.07) is 3.33. The Morgan fingerprint density at radius 2 is 2.03 bits per heavy atom. The van der Waals surface area contributed by atoms with Crippen molar-refractivity contribution in [1.82, 2.24) is 25.6 Å². The quantitative estimate of drug-likeness (QED) is 0.367. The average Bonchev–Trinajstić information content (AvgIpc) is 3.17. The van der Waals surface area contributed by atoms with Crippen molar-refractivity contribution >= 4 is 44.9 Å². The lowest BCUT2D eigenvalue weighted by Crippen LogP contribution is -2.47. The number of aromatic nitrogens is 2. The topological polar surface area (TPSA) is 120 Å². The third kappa shape index (κ3) is 4.60. The molecule has 0 radical (unpaired) electrons. The Morgan fingerprint density at radius 1 is 1.24 bits per heavy atom. The summed E-state index contributed by atoms with van der Waals surface area (Å²) in [6.45, 7) is -0.302. The number of halogens is 3. The molecule has 9 nitrogen and oxygen atoms in total. The molecule has 0 unspecified atom stereocenters. The molecule has 0 aliphatic carbocycles. The molecule has 0 aliphatic rings. The number of imidazole rings is 1. The maximum Gasteiger partial charge on any atom is 0.333 e. The number of nitrogens with zero attached hydrogens (tertiary/aromatic N) is 2. The zero-order chi connectivity index (χ0) is 21.0. The van der Waals surface area contributed by atoms with Gasteiger partial charge in [-0.1, -0.05) is 15.9 Å². The van der Waals surface area contributed by atoms with Gasteiger partial charge in [-0.2, -0.15) is 0 Å². The normalized spacial score (nSPS) is 10.6. The Balaban J connectivity index is 1.93. The number of carbonyl (C=O) groups is 2. The molecule has 0 fully saturated rings. The predicted molar refractivity (Wildman–Crippen MR) is 104 cm³/mol. The smallest absolute Gasteiger partial charge is 0.333 e. The van der Waals surface area contributed by atoms with Crippen LogP contribution in [0.1, 0.15) is 10.4 Å². The molecule has 29 heavy (non-hydrogen) atoms. The first kappa shape index (κ1) is 20.5. The van der Waals surface area contributed by atoms with Gasteiger partial charge in [0, 0.05) is 29.6 Å². The Labute approximate surface area is 171 Å². The summed E-state index contributed by atoms with van der Waals surface area (Å²) in [5.41, 5.74) is 3.52. The number of hydrogen-bond acceptors (Lipinski definition) is 5. The number of urea groups is 1. The van der Waals surface area contributed by atoms with E-state index in [-0.39, 0.29) is 35.7 Å². The van der Waals surface area contributed by atoms with Crippen LogP contribution in [0.5, 0.6) is 0 Å². The van der Waals surface area contributed by atoms with Gasteiger partial charge in [-0.05, 0) is 18.2 Å². The van der Waals surface area contributed by atoms with Crippen molar-refractivity contribution in [3.8, 4) is 0 Å². The molecular formula is C17H15BrF2N6O3. The molecule has 12 heteroatoms. The van der Waals surface area contributed by atoms with E-state index in [0.29, 0.717) is 4.47 Å². The SMILES string of the molecule is O=C(NCCO)NNC(=O)c1cn2ccnc2c(F)c1Nc1ccc(Br)cc1F. The van der Waals surface area contributed by atoms with E-state index in [0.717, 1.165) is 0 Å². The van der Waals surface area contributed by atoms with E-state index in [1.165, 1.54) is 35.1 Å². The minimum Gasteiger partial charge on any atom is -0.395 e. The highest BCUT2D eigenvalue weighted by atomic mass is 79.9. The summed E-state index contributed by atoms with van der Waals surface area (Å²) in [4.78, 5) is 27.9. The lowest BCUT2D eigenvalue weighted by Gasteiger charge is -2.15. The van der Waals surface area contributed by atoms with Crippen molar-refractivity contribution in [2.45, 2.75) is 0 Å². The van der Waals surface area contributed by atoms with Crippen LogP contribution in [0.2, 0.25) is 0 Å². The van der Waals surface area contributed by atoms with Crippen LogP contribution in [0.4, 0.5) is 25.0 Å². The van der Waals surface area contributed by atoms with Crippen LogP contribution in [0.15, 0.2) is 41.3 Å². The zero-order valence-electron chi connectivity index (χ0n) is 14.7. The maximum atomic E-state index is 15.0. The second-order valence-electron chi connectivity index (χ2n) is 5.70. The summed E-state index contributed by atoms with van der Waals surface area (Å²) >= 11 is 3.13. The highest BCUT2D eigenvalue weighted by Gasteiger charge is 2.21. The van der Waals surface area contributed by atoms with E-state index in [4.69, 9.17) is 5.11 Å². The Kier molecular flexibility index (Phi) is 6.24. The largest absolute Gasteiger partial charge is 0.395 e. The average molecular weight is 469 g/mol. The van der Waals surface area contributed by atoms with Gasteiger partial charge in [-0.15, -0.1) is 0 Å². The van der Waals surface area contributed by atoms with Gasteiger partial charge < -0.3 is 20.1 Å². The predicted octanol–water partition coefficient (Wildman–Crippen LogP) is 2.05. The van der Waals surface area contributed by atoms with Gasteiger partial charge in [0.05, 0.1) is 23.5 Å². The summed E-state index contributed by atoms with van der Waals surface area (Å²) in [5.74, 6) is -2.41. The number of hydrogen-bond donors (Lipinski definition) is 5. The van der Waals surface area contributed by atoms with E-state index in [9.17, 15) is 14.0 Å². The van der Waals surface area contributed by atoms with Crippen LogP contribution in [0, 0.1) is 11.6 Å². The number of rotatable bonds is 5. The molecule has 5 N–H and O–H groups in total. The lowest BCUT2D eigenvalue weighted by molar-refractivity contribution is 0.0936. The fraction of sp³-hybridized carbons (Fsp3) is 0.118. The number of benzene rings is 1. The first-order chi connectivity index (χ1) is 13.9. The molecule has 1 aromatic carbocycles. The first-order valence-corrected chi connectivity index (χ1v) is 9.02. The van der Waals surface area contributed by atoms with Crippen molar-refractivity contribution in [2.75, 3.05) is 18.5 Å². The molecule has 0 spiro atoms. The molecule has 0 saturated heterocycles. The molecule has 2 aromatic heterocycles. The van der Waals surface area contributed by atoms with Gasteiger partial charge in [-0.3, -0.25) is 10.2 Å². The number of amides is 3. The molecule has 0 saturated carbocycles. The fourth-order valence-corrected chi connectivity index (χ4v) is 2.77. The maximum absolute atomic E-state index is 15.0. The summed E-state index contributed by atoms with van der Waals surface area (Å²) in [5, 5.41) is 13.5. The zero-order valence-corrected chi connectivity index (χ0v) is 16.3. The Hall–Kier alpha value is -3.25. The number of pyridine rings is 1. The second kappa shape index (κ2) is 8.84. The highest BCUT2D eigenvalue weighted by Crippen LogP contribution is 2.29. The van der Waals surface area contributed by atoms with Crippen LogP contribution in [-0.4, -0.2) is 39.6 Å². The molecule has 0 bridgehead atoms. The van der Waals surface area contributed by atoms with Crippen molar-refractivity contribution in [3.63, 3.8) is 0 Å². The van der Waals surface area contributed by atoms with Crippen LogP contribution in [-0.2, 0) is 0 Å². The van der Waals surface area contributed by atoms with Crippen LogP contribution < -0.4 is 21.5 Å². The lowest BCUT2D eigenvalue weighted by atomic mass is 10.2. The number of carbonyl (C=O) groups excluding carboxylic acids is 2. The van der Waals surface area contributed by atoms with E-state index in [1.807, 2.05) is 0 Å². The van der Waals surface area contributed by atoms with E-state index in [1.54, 1.807) is 6.07 Å². The van der Waals surface area contributed by atoms with Gasteiger partial charge >= 0.3 is 6.03 Å². The Morgan fingerprint density at radius 3 is 2.76 bits per heavy atom. The monoisotopic (exact) mass is 468 g/mol. The number of aliphatic hydroxyl groups is 1. The van der Waals surface area contributed by atoms with Crippen molar-refractivity contribution in [3.05, 3.63) is 58.5 Å². The molecule has 3 amide bonds. The minimum atomic E-state index is -0.880. The second-order valence-corrected chi connectivity index (χ2v) is 6.61. The molecule has 3 rings (SSSR count). The number of hydrazine groups is 1. The number of anilines is 2. The fourth-order valence-electron chi connectivity index (χ4n) is 2.44. The van der Waals surface area contributed by atoms with Crippen LogP contribution in [0.25, 0.3) is 5.65 Å². The van der Waals surface area contributed by atoms with Gasteiger partial charge in [0.2, 0.25) is 0 Å². The third-order valence-electron chi connectivity index (χ3n) is 3.74. The van der Waals surface area contributed by atoms with E-state index < -0.39 is 23.6 Å². The molecule has 0 atom stereocenters. The van der Waals surface area contributed by atoms with Gasteiger partial charge in [-0.25, -0.2) is 24.0 Å². The third-order valence-corrected chi connectivity index (χ3v) is 4.24. The summed E-state index contributed by atoms with van der Waals surface area (Å²) in [7, 11) is 0. The summed E-state index contributed by atoms with van der Waals surface area (Å²) < 4.78 is 31.0. The van der Waals surface area contributed by atoms with E-state index in [2.05, 4.69) is 42.4 Å². The van der Waals surface area contributed by atoms with Crippen LogP contribution >= 0.6 is 15.9 Å². The molecular weight excluding hydrogens is 454 g/mol. The van der Waals surface area contributed by atoms with Crippen LogP contribution in [0.3, 0.4) is 0 Å². The van der Waals surface area contributed by atoms with E-state index >= 15 is 4.39 Å². The number of nitrogens with one attached hydrogen (secondary N) is 4. The van der Waals surface area contributed by atoms with Gasteiger partial charge in [0.15, 0.2) is 11.5 Å². The van der Waals surface area contributed by atoms with Crippen molar-refractivity contribution in [1.29, 1.82) is 0 Å². The minimum absolute atomic E-state index is 0.0209. The van der Waals surface area contributed by atoms with Crippen molar-refractivity contribution < 1.29 is 23.5 Å². The Bertz CT molecular complexity index is 1070. The number of aliphatic hydroxyl groups excluding tert-OH is 1. The molecule has 2 heterocycles. The van der Waals surface area contributed by atoms with Gasteiger partial charge in [0.1, 0.15) is 5.82 Å². The highest BCUT2D eigenvalue weighted by molar-refractivity contribution is 9.10.